The van der Waals surface area contributed by atoms with Crippen LogP contribution in [0.5, 0.6) is 0 Å². The van der Waals surface area contributed by atoms with Gasteiger partial charge in [0, 0.05) is 13.0 Å². The van der Waals surface area contributed by atoms with E-state index in [-0.39, 0.29) is 5.92 Å². The first-order valence-corrected chi connectivity index (χ1v) is 7.25. The second kappa shape index (κ2) is 4.94. The molecule has 0 unspecified atom stereocenters. The lowest BCUT2D eigenvalue weighted by Gasteiger charge is -2.44. The largest absolute Gasteiger partial charge is 0.471 e. The molecule has 1 amide bonds. The Balaban J connectivity index is 2.02. The third-order valence-corrected chi connectivity index (χ3v) is 4.75. The number of halogens is 3. The number of hydrogen-bond acceptors (Lipinski definition) is 3. The lowest BCUT2D eigenvalue weighted by Crippen LogP contribution is -2.60. The number of rotatable bonds is 2. The normalized spacial score (nSPS) is 36.5. The maximum absolute atomic E-state index is 12.7. The fourth-order valence-electron chi connectivity index (χ4n) is 3.81. The molecule has 22 heavy (non-hydrogen) atoms. The molecule has 0 spiro atoms. The van der Waals surface area contributed by atoms with Crippen molar-refractivity contribution >= 4 is 11.6 Å². The van der Waals surface area contributed by atoms with Crippen molar-refractivity contribution < 1.29 is 22.7 Å². The molecule has 0 aromatic heterocycles. The minimum Gasteiger partial charge on any atom is -0.367 e. The van der Waals surface area contributed by atoms with E-state index in [9.17, 15) is 18.0 Å². The Bertz CT molecular complexity index is 582. The smallest absolute Gasteiger partial charge is 0.367 e. The zero-order valence-electron chi connectivity index (χ0n) is 12.1. The van der Waals surface area contributed by atoms with Gasteiger partial charge in [-0.15, -0.1) is 0 Å². The van der Waals surface area contributed by atoms with Crippen LogP contribution in [0.3, 0.4) is 0 Å². The maximum atomic E-state index is 12.7. The molecule has 3 aliphatic rings. The molecular weight excluding hydrogens is 297 g/mol. The van der Waals surface area contributed by atoms with Gasteiger partial charge in [-0.1, -0.05) is 18.6 Å². The van der Waals surface area contributed by atoms with Crippen molar-refractivity contribution in [1.29, 1.82) is 0 Å². The molecule has 1 saturated carbocycles. The predicted octanol–water partition coefficient (Wildman–Crippen LogP) is 2.52. The highest BCUT2D eigenvalue weighted by molar-refractivity contribution is 6.07. The van der Waals surface area contributed by atoms with Gasteiger partial charge in [0.05, 0.1) is 5.71 Å². The molecule has 7 heteroatoms. The molecule has 3 atom stereocenters. The van der Waals surface area contributed by atoms with E-state index in [1.54, 1.807) is 18.2 Å². The minimum atomic E-state index is -4.92. The van der Waals surface area contributed by atoms with E-state index >= 15 is 0 Å². The lowest BCUT2D eigenvalue weighted by atomic mass is 9.70. The number of carbonyl (C=O) groups is 1. The number of amides is 1. The van der Waals surface area contributed by atoms with E-state index in [0.717, 1.165) is 12.8 Å². The summed E-state index contributed by atoms with van der Waals surface area (Å²) in [5.41, 5.74) is -1.52. The van der Waals surface area contributed by atoms with Crippen LogP contribution in [0.25, 0.3) is 0 Å². The monoisotopic (exact) mass is 314 g/mol. The maximum Gasteiger partial charge on any atom is 0.471 e. The van der Waals surface area contributed by atoms with Crippen molar-refractivity contribution in [2.45, 2.75) is 43.1 Å². The SMILES string of the molecule is CO[C@@]12C=CC=CC1=N[C@@]1(NC(=O)C(F)(F)F)CCCC[C@@H]21. The van der Waals surface area contributed by atoms with Gasteiger partial charge in [0.15, 0.2) is 0 Å². The zero-order valence-corrected chi connectivity index (χ0v) is 12.1. The van der Waals surface area contributed by atoms with Crippen molar-refractivity contribution in [2.75, 3.05) is 7.11 Å². The van der Waals surface area contributed by atoms with Crippen LogP contribution in [0.2, 0.25) is 0 Å². The molecule has 1 aliphatic heterocycles. The Labute approximate surface area is 126 Å². The Morgan fingerprint density at radius 1 is 1.41 bits per heavy atom. The second-order valence-electron chi connectivity index (χ2n) is 5.89. The van der Waals surface area contributed by atoms with Gasteiger partial charge in [-0.2, -0.15) is 13.2 Å². The molecule has 1 N–H and O–H groups in total. The summed E-state index contributed by atoms with van der Waals surface area (Å²) in [5.74, 6) is -2.28. The Hall–Kier alpha value is -1.63. The van der Waals surface area contributed by atoms with E-state index in [1.807, 2.05) is 6.08 Å². The highest BCUT2D eigenvalue weighted by Gasteiger charge is 2.61. The number of ether oxygens (including phenoxy) is 1. The predicted molar refractivity (Wildman–Crippen MR) is 74.3 cm³/mol. The van der Waals surface area contributed by atoms with Crippen LogP contribution in [-0.4, -0.2) is 36.2 Å². The van der Waals surface area contributed by atoms with Gasteiger partial charge in [-0.3, -0.25) is 9.79 Å². The van der Waals surface area contributed by atoms with Crippen molar-refractivity contribution in [3.8, 4) is 0 Å². The van der Waals surface area contributed by atoms with E-state index in [0.29, 0.717) is 18.6 Å². The van der Waals surface area contributed by atoms with Crippen LogP contribution in [-0.2, 0) is 9.53 Å². The summed E-state index contributed by atoms with van der Waals surface area (Å²) in [6, 6.07) is 0. The molecule has 120 valence electrons. The molecule has 0 aromatic rings. The first kappa shape index (κ1) is 15.3. The number of nitrogens with one attached hydrogen (secondary N) is 1. The number of aliphatic imine (C=N–C) groups is 1. The van der Waals surface area contributed by atoms with Crippen molar-refractivity contribution in [2.24, 2.45) is 10.9 Å². The number of nitrogens with zero attached hydrogens (tertiary/aromatic N) is 1. The summed E-state index contributed by atoms with van der Waals surface area (Å²) < 4.78 is 43.7. The van der Waals surface area contributed by atoms with Crippen LogP contribution >= 0.6 is 0 Å². The standard InChI is InChI=1S/C15H17F3N2O2/c1-22-13-8-4-3-7-11(13)19-14(9-5-2-6-10(13)14)20-12(21)15(16,17)18/h3-4,7-8,10H,2,5-6,9H2,1H3,(H,20,21)/t10-,13+,14+/m0/s1. The second-order valence-corrected chi connectivity index (χ2v) is 5.89. The van der Waals surface area contributed by atoms with E-state index in [2.05, 4.69) is 10.3 Å². The highest BCUT2D eigenvalue weighted by atomic mass is 19.4. The average Bonchev–Trinajstić information content (AvgIpc) is 2.76. The van der Waals surface area contributed by atoms with Gasteiger partial charge in [0.2, 0.25) is 0 Å². The first-order valence-electron chi connectivity index (χ1n) is 7.25. The summed E-state index contributed by atoms with van der Waals surface area (Å²) in [7, 11) is 1.52. The molecule has 1 heterocycles. The molecule has 1 fully saturated rings. The van der Waals surface area contributed by atoms with Crippen molar-refractivity contribution in [1.82, 2.24) is 5.32 Å². The van der Waals surface area contributed by atoms with Gasteiger partial charge in [-0.25, -0.2) is 0 Å². The van der Waals surface area contributed by atoms with Gasteiger partial charge in [0.25, 0.3) is 0 Å². The van der Waals surface area contributed by atoms with Crippen molar-refractivity contribution in [3.05, 3.63) is 24.3 Å². The Morgan fingerprint density at radius 3 is 2.86 bits per heavy atom. The van der Waals surface area contributed by atoms with Crippen LogP contribution < -0.4 is 5.32 Å². The molecule has 0 saturated heterocycles. The number of fused-ring (bicyclic) bond motifs is 3. The first-order chi connectivity index (χ1) is 10.3. The molecule has 0 bridgehead atoms. The molecule has 4 nitrogen and oxygen atoms in total. The molecule has 0 aromatic carbocycles. The minimum absolute atomic E-state index is 0.332. The van der Waals surface area contributed by atoms with Gasteiger partial charge in [-0.05, 0) is 31.4 Å². The number of allylic oxidation sites excluding steroid dienone is 2. The summed E-state index contributed by atoms with van der Waals surface area (Å²) in [5, 5.41) is 2.15. The summed E-state index contributed by atoms with van der Waals surface area (Å²) in [4.78, 5) is 16.0. The number of hydrogen-bond donors (Lipinski definition) is 1. The number of methoxy groups -OCH3 is 1. The van der Waals surface area contributed by atoms with Gasteiger partial charge in [0.1, 0.15) is 11.3 Å². The van der Waals surface area contributed by atoms with Crippen LogP contribution in [0.15, 0.2) is 29.3 Å². The van der Waals surface area contributed by atoms with E-state index < -0.39 is 23.3 Å². The van der Waals surface area contributed by atoms with Crippen LogP contribution in [0.4, 0.5) is 13.2 Å². The number of carbonyl (C=O) groups excluding carboxylic acids is 1. The van der Waals surface area contributed by atoms with Crippen LogP contribution in [0.1, 0.15) is 25.7 Å². The zero-order chi connectivity index (χ0) is 16.0. The Morgan fingerprint density at radius 2 is 2.18 bits per heavy atom. The van der Waals surface area contributed by atoms with Crippen molar-refractivity contribution in [3.63, 3.8) is 0 Å². The van der Waals surface area contributed by atoms with Gasteiger partial charge < -0.3 is 10.1 Å². The molecule has 2 aliphatic carbocycles. The average molecular weight is 314 g/mol. The quantitative estimate of drug-likeness (QED) is 0.851. The molecule has 0 radical (unpaired) electrons. The Kier molecular flexibility index (Phi) is 3.43. The molecular formula is C15H17F3N2O2. The third kappa shape index (κ3) is 2.10. The van der Waals surface area contributed by atoms with Crippen LogP contribution in [0, 0.1) is 5.92 Å². The van der Waals surface area contributed by atoms with E-state index in [4.69, 9.17) is 4.74 Å². The summed E-state index contributed by atoms with van der Waals surface area (Å²) in [6.07, 6.45) is 4.85. The fourth-order valence-corrected chi connectivity index (χ4v) is 3.81. The third-order valence-electron chi connectivity index (χ3n) is 4.75. The highest BCUT2D eigenvalue weighted by Crippen LogP contribution is 2.50. The van der Waals surface area contributed by atoms with Gasteiger partial charge >= 0.3 is 12.1 Å². The fraction of sp³-hybridized carbons (Fsp3) is 0.600. The summed E-state index contributed by atoms with van der Waals surface area (Å²) >= 11 is 0. The lowest BCUT2D eigenvalue weighted by molar-refractivity contribution is -0.177. The van der Waals surface area contributed by atoms with E-state index in [1.165, 1.54) is 7.11 Å². The number of alkyl halides is 3. The summed E-state index contributed by atoms with van der Waals surface area (Å²) in [6.45, 7) is 0. The topological polar surface area (TPSA) is 50.7 Å². The molecule has 3 rings (SSSR count).